The van der Waals surface area contributed by atoms with E-state index in [-0.39, 0.29) is 18.6 Å². The highest BCUT2D eigenvalue weighted by Gasteiger charge is 2.46. The molecule has 1 amide bonds. The molecule has 1 rings (SSSR count). The van der Waals surface area contributed by atoms with Crippen LogP contribution in [0.15, 0.2) is 0 Å². The number of aliphatic hydroxyl groups is 3. The zero-order chi connectivity index (χ0) is 17.2. The van der Waals surface area contributed by atoms with Crippen LogP contribution in [0, 0.1) is 0 Å². The summed E-state index contributed by atoms with van der Waals surface area (Å²) in [6.07, 6.45) is 6.42. The number of nitrogens with one attached hydrogen (secondary N) is 1. The summed E-state index contributed by atoms with van der Waals surface area (Å²) >= 11 is 0. The number of rotatable bonds is 11. The minimum absolute atomic E-state index is 0.157. The van der Waals surface area contributed by atoms with Crippen molar-refractivity contribution in [3.63, 3.8) is 0 Å². The van der Waals surface area contributed by atoms with Crippen LogP contribution >= 0.6 is 0 Å². The molecule has 0 aromatic heterocycles. The largest absolute Gasteiger partial charge is 0.395 e. The van der Waals surface area contributed by atoms with Gasteiger partial charge in [0.05, 0.1) is 30.9 Å². The quantitative estimate of drug-likeness (QED) is 0.417. The van der Waals surface area contributed by atoms with Gasteiger partial charge in [0, 0.05) is 13.5 Å². The zero-order valence-electron chi connectivity index (χ0n) is 14.6. The second-order valence-corrected chi connectivity index (χ2v) is 6.59. The molecule has 4 atom stereocenters. The Morgan fingerprint density at radius 1 is 1.00 bits per heavy atom. The van der Waals surface area contributed by atoms with Crippen molar-refractivity contribution in [2.24, 2.45) is 0 Å². The van der Waals surface area contributed by atoms with E-state index in [4.69, 9.17) is 0 Å². The summed E-state index contributed by atoms with van der Waals surface area (Å²) in [5, 5.41) is 32.5. The van der Waals surface area contributed by atoms with E-state index < -0.39 is 18.2 Å². The maximum atomic E-state index is 11.1. The van der Waals surface area contributed by atoms with Crippen LogP contribution in [0.5, 0.6) is 0 Å². The minimum Gasteiger partial charge on any atom is -0.395 e. The van der Waals surface area contributed by atoms with Crippen LogP contribution in [0.1, 0.15) is 58.8 Å². The predicted octanol–water partition coefficient (Wildman–Crippen LogP) is 0.640. The Labute approximate surface area is 139 Å². The number of likely N-dealkylation sites (tertiary alicyclic amines) is 1. The van der Waals surface area contributed by atoms with Crippen molar-refractivity contribution >= 4 is 5.91 Å². The first-order chi connectivity index (χ1) is 11.0. The Hall–Kier alpha value is -0.690. The lowest BCUT2D eigenvalue weighted by Crippen LogP contribution is -2.47. The summed E-state index contributed by atoms with van der Waals surface area (Å²) in [5.41, 5.74) is 0. The molecular weight excluding hydrogens is 296 g/mol. The Kier molecular flexibility index (Phi) is 9.71. The van der Waals surface area contributed by atoms with Gasteiger partial charge in [0.2, 0.25) is 5.91 Å². The molecule has 0 spiro atoms. The van der Waals surface area contributed by atoms with Crippen molar-refractivity contribution in [1.82, 2.24) is 10.2 Å². The average molecular weight is 330 g/mol. The van der Waals surface area contributed by atoms with Gasteiger partial charge in [-0.25, -0.2) is 0 Å². The Morgan fingerprint density at radius 2 is 1.57 bits per heavy atom. The van der Waals surface area contributed by atoms with Crippen molar-refractivity contribution in [1.29, 1.82) is 0 Å². The number of hydrogen-bond acceptors (Lipinski definition) is 5. The lowest BCUT2D eigenvalue weighted by molar-refractivity contribution is -0.119. The summed E-state index contributed by atoms with van der Waals surface area (Å²) in [6, 6.07) is -0.796. The summed E-state index contributed by atoms with van der Waals surface area (Å²) < 4.78 is 0. The molecule has 23 heavy (non-hydrogen) atoms. The highest BCUT2D eigenvalue weighted by Crippen LogP contribution is 2.25. The van der Waals surface area contributed by atoms with E-state index in [9.17, 15) is 20.1 Å². The van der Waals surface area contributed by atoms with Crippen LogP contribution in [0.4, 0.5) is 0 Å². The lowest BCUT2D eigenvalue weighted by atomic mass is 10.1. The monoisotopic (exact) mass is 330 g/mol. The number of amides is 1. The van der Waals surface area contributed by atoms with Gasteiger partial charge in [-0.2, -0.15) is 0 Å². The summed E-state index contributed by atoms with van der Waals surface area (Å²) in [6.45, 7) is 4.46. The predicted molar refractivity (Wildman–Crippen MR) is 90.1 cm³/mol. The van der Waals surface area contributed by atoms with Gasteiger partial charge in [0.1, 0.15) is 0 Å². The van der Waals surface area contributed by atoms with Crippen molar-refractivity contribution in [3.8, 4) is 0 Å². The third-order valence-corrected chi connectivity index (χ3v) is 4.76. The van der Waals surface area contributed by atoms with Crippen LogP contribution in [-0.4, -0.2) is 70.1 Å². The van der Waals surface area contributed by atoms with E-state index >= 15 is 0 Å². The molecule has 1 fully saturated rings. The van der Waals surface area contributed by atoms with Gasteiger partial charge in [-0.1, -0.05) is 45.4 Å². The lowest BCUT2D eigenvalue weighted by Gasteiger charge is -2.29. The normalized spacial score (nSPS) is 28.2. The van der Waals surface area contributed by atoms with Crippen LogP contribution in [0.3, 0.4) is 0 Å². The SMILES string of the molecule is CCCCCCCCCN1C(CO)C(O)C(O)C1CNC(C)=O. The molecule has 0 bridgehead atoms. The molecular formula is C17H34N2O4. The van der Waals surface area contributed by atoms with E-state index in [1.807, 2.05) is 4.90 Å². The average Bonchev–Trinajstić information content (AvgIpc) is 2.75. The summed E-state index contributed by atoms with van der Waals surface area (Å²) in [4.78, 5) is 13.1. The number of carbonyl (C=O) groups excluding carboxylic acids is 1. The minimum atomic E-state index is -0.969. The zero-order valence-corrected chi connectivity index (χ0v) is 14.6. The Balaban J connectivity index is 2.44. The Morgan fingerprint density at radius 3 is 2.13 bits per heavy atom. The molecule has 136 valence electrons. The van der Waals surface area contributed by atoms with Crippen molar-refractivity contribution < 1.29 is 20.1 Å². The van der Waals surface area contributed by atoms with Crippen LogP contribution in [-0.2, 0) is 4.79 Å². The van der Waals surface area contributed by atoms with Crippen LogP contribution in [0.25, 0.3) is 0 Å². The van der Waals surface area contributed by atoms with Crippen molar-refractivity contribution in [3.05, 3.63) is 0 Å². The highest BCUT2D eigenvalue weighted by molar-refractivity contribution is 5.72. The van der Waals surface area contributed by atoms with E-state index in [1.54, 1.807) is 0 Å². The number of nitrogens with zero attached hydrogens (tertiary/aromatic N) is 1. The second-order valence-electron chi connectivity index (χ2n) is 6.59. The molecule has 0 aromatic carbocycles. The van der Waals surface area contributed by atoms with Gasteiger partial charge in [-0.3, -0.25) is 9.69 Å². The molecule has 0 aromatic rings. The smallest absolute Gasteiger partial charge is 0.216 e. The first-order valence-corrected chi connectivity index (χ1v) is 9.00. The molecule has 0 saturated carbocycles. The third kappa shape index (κ3) is 6.37. The van der Waals surface area contributed by atoms with Crippen LogP contribution < -0.4 is 5.32 Å². The van der Waals surface area contributed by atoms with Gasteiger partial charge in [-0.05, 0) is 13.0 Å². The maximum Gasteiger partial charge on any atom is 0.216 e. The van der Waals surface area contributed by atoms with Crippen LogP contribution in [0.2, 0.25) is 0 Å². The molecule has 4 N–H and O–H groups in total. The van der Waals surface area contributed by atoms with Gasteiger partial charge in [0.15, 0.2) is 0 Å². The maximum absolute atomic E-state index is 11.1. The molecule has 4 unspecified atom stereocenters. The molecule has 1 saturated heterocycles. The van der Waals surface area contributed by atoms with E-state index in [0.29, 0.717) is 6.54 Å². The number of hydrogen-bond donors (Lipinski definition) is 4. The fourth-order valence-corrected chi connectivity index (χ4v) is 3.38. The van der Waals surface area contributed by atoms with Gasteiger partial charge < -0.3 is 20.6 Å². The van der Waals surface area contributed by atoms with Gasteiger partial charge >= 0.3 is 0 Å². The van der Waals surface area contributed by atoms with Gasteiger partial charge in [0.25, 0.3) is 0 Å². The highest BCUT2D eigenvalue weighted by atomic mass is 16.3. The fourth-order valence-electron chi connectivity index (χ4n) is 3.38. The molecule has 1 heterocycles. The van der Waals surface area contributed by atoms with E-state index in [1.165, 1.54) is 39.0 Å². The molecule has 0 aliphatic carbocycles. The topological polar surface area (TPSA) is 93.0 Å². The number of carbonyl (C=O) groups is 1. The number of unbranched alkanes of at least 4 members (excludes halogenated alkanes) is 6. The third-order valence-electron chi connectivity index (χ3n) is 4.76. The summed E-state index contributed by atoms with van der Waals surface area (Å²) in [5.74, 6) is -0.157. The standard InChI is InChI=1S/C17H34N2O4/c1-3-4-5-6-7-8-9-10-19-14(11-18-13(2)21)16(22)17(23)15(19)12-20/h14-17,20,22-23H,3-12H2,1-2H3,(H,18,21). The van der Waals surface area contributed by atoms with Crippen molar-refractivity contribution in [2.45, 2.75) is 83.1 Å². The van der Waals surface area contributed by atoms with E-state index in [0.717, 1.165) is 19.4 Å². The first-order valence-electron chi connectivity index (χ1n) is 9.00. The molecule has 1 aliphatic heterocycles. The molecule has 6 nitrogen and oxygen atoms in total. The van der Waals surface area contributed by atoms with Gasteiger partial charge in [-0.15, -0.1) is 0 Å². The Bertz CT molecular complexity index is 341. The molecule has 1 aliphatic rings. The fraction of sp³-hybridized carbons (Fsp3) is 0.941. The summed E-state index contributed by atoms with van der Waals surface area (Å²) in [7, 11) is 0. The molecule has 6 heteroatoms. The first kappa shape index (κ1) is 20.4. The van der Waals surface area contributed by atoms with E-state index in [2.05, 4.69) is 12.2 Å². The second kappa shape index (κ2) is 11.0. The van der Waals surface area contributed by atoms with Crippen molar-refractivity contribution in [2.75, 3.05) is 19.7 Å². The molecule has 0 radical (unpaired) electrons. The number of aliphatic hydroxyl groups excluding tert-OH is 3.